The number of nitrogens with one attached hydrogen (secondary N) is 1. The van der Waals surface area contributed by atoms with Crippen molar-refractivity contribution in [2.45, 2.75) is 19.4 Å². The molecule has 0 saturated carbocycles. The van der Waals surface area contributed by atoms with Crippen LogP contribution in [0.25, 0.3) is 5.69 Å². The maximum atomic E-state index is 12.4. The standard InChI is InChI=1S/C17H22N4O3S/c1-25(23,24)20-9-5-6-15(13-20)17(22)18-10-14-11-19-21(12-14)16-7-3-2-4-8-16/h2-4,7-8,11-12,15H,5-6,9-10,13H2,1H3,(H,18,22). The first kappa shape index (κ1) is 17.6. The van der Waals surface area contributed by atoms with Crippen LogP contribution in [0, 0.1) is 5.92 Å². The van der Waals surface area contributed by atoms with Gasteiger partial charge in [0.2, 0.25) is 15.9 Å². The summed E-state index contributed by atoms with van der Waals surface area (Å²) in [6, 6.07) is 9.73. The van der Waals surface area contributed by atoms with Crippen LogP contribution in [0.15, 0.2) is 42.7 Å². The van der Waals surface area contributed by atoms with E-state index in [1.54, 1.807) is 10.9 Å². The van der Waals surface area contributed by atoms with Crippen LogP contribution >= 0.6 is 0 Å². The molecular formula is C17H22N4O3S. The quantitative estimate of drug-likeness (QED) is 0.865. The van der Waals surface area contributed by atoms with Crippen LogP contribution in [0.4, 0.5) is 0 Å². The lowest BCUT2D eigenvalue weighted by Gasteiger charge is -2.30. The van der Waals surface area contributed by atoms with E-state index < -0.39 is 10.0 Å². The highest BCUT2D eigenvalue weighted by molar-refractivity contribution is 7.88. The van der Waals surface area contributed by atoms with Crippen molar-refractivity contribution in [1.29, 1.82) is 0 Å². The molecule has 1 N–H and O–H groups in total. The summed E-state index contributed by atoms with van der Waals surface area (Å²) >= 11 is 0. The van der Waals surface area contributed by atoms with Crippen LogP contribution in [0.3, 0.4) is 0 Å². The van der Waals surface area contributed by atoms with Gasteiger partial charge in [-0.3, -0.25) is 4.79 Å². The number of para-hydroxylation sites is 1. The maximum absolute atomic E-state index is 12.4. The molecule has 1 atom stereocenters. The highest BCUT2D eigenvalue weighted by atomic mass is 32.2. The summed E-state index contributed by atoms with van der Waals surface area (Å²) in [5, 5.41) is 7.19. The largest absolute Gasteiger partial charge is 0.352 e. The third-order valence-electron chi connectivity index (χ3n) is 4.35. The molecule has 2 aromatic rings. The van der Waals surface area contributed by atoms with Crippen LogP contribution in [0.5, 0.6) is 0 Å². The molecule has 1 saturated heterocycles. The molecule has 3 rings (SSSR count). The molecule has 8 heteroatoms. The average Bonchev–Trinajstić information content (AvgIpc) is 3.09. The van der Waals surface area contributed by atoms with Gasteiger partial charge in [0.25, 0.3) is 0 Å². The van der Waals surface area contributed by atoms with Gasteiger partial charge in [-0.15, -0.1) is 0 Å². The highest BCUT2D eigenvalue weighted by Gasteiger charge is 2.29. The van der Waals surface area contributed by atoms with Gasteiger partial charge in [-0.1, -0.05) is 18.2 Å². The minimum Gasteiger partial charge on any atom is -0.352 e. The Morgan fingerprint density at radius 3 is 2.80 bits per heavy atom. The summed E-state index contributed by atoms with van der Waals surface area (Å²) in [6.45, 7) is 1.13. The summed E-state index contributed by atoms with van der Waals surface area (Å²) in [6.07, 6.45) is 6.19. The fourth-order valence-electron chi connectivity index (χ4n) is 2.96. The molecule has 0 radical (unpaired) electrons. The van der Waals surface area contributed by atoms with Crippen molar-refractivity contribution in [3.63, 3.8) is 0 Å². The van der Waals surface area contributed by atoms with Gasteiger partial charge >= 0.3 is 0 Å². The molecule has 25 heavy (non-hydrogen) atoms. The van der Waals surface area contributed by atoms with E-state index >= 15 is 0 Å². The van der Waals surface area contributed by atoms with E-state index in [0.29, 0.717) is 25.9 Å². The van der Waals surface area contributed by atoms with Crippen LogP contribution in [-0.2, 0) is 21.4 Å². The molecule has 0 aliphatic carbocycles. The molecule has 0 spiro atoms. The molecule has 1 aliphatic rings. The fourth-order valence-corrected chi connectivity index (χ4v) is 3.88. The van der Waals surface area contributed by atoms with E-state index in [4.69, 9.17) is 0 Å². The van der Waals surface area contributed by atoms with E-state index in [9.17, 15) is 13.2 Å². The van der Waals surface area contributed by atoms with Crippen molar-refractivity contribution < 1.29 is 13.2 Å². The molecule has 2 heterocycles. The van der Waals surface area contributed by atoms with Crippen molar-refractivity contribution in [2.75, 3.05) is 19.3 Å². The Morgan fingerprint density at radius 1 is 1.32 bits per heavy atom. The van der Waals surface area contributed by atoms with Crippen LogP contribution in [-0.4, -0.2) is 47.8 Å². The third kappa shape index (κ3) is 4.46. The van der Waals surface area contributed by atoms with E-state index in [2.05, 4.69) is 10.4 Å². The number of benzene rings is 1. The summed E-state index contributed by atoms with van der Waals surface area (Å²) in [5.74, 6) is -0.409. The normalized spacial score (nSPS) is 18.8. The number of rotatable bonds is 5. The zero-order valence-corrected chi connectivity index (χ0v) is 14.9. The summed E-state index contributed by atoms with van der Waals surface area (Å²) < 4.78 is 26.4. The van der Waals surface area contributed by atoms with E-state index in [-0.39, 0.29) is 18.4 Å². The minimum atomic E-state index is -3.25. The first-order chi connectivity index (χ1) is 11.9. The maximum Gasteiger partial charge on any atom is 0.224 e. The number of sulfonamides is 1. The zero-order chi connectivity index (χ0) is 17.9. The van der Waals surface area contributed by atoms with Crippen LogP contribution in [0.2, 0.25) is 0 Å². The topological polar surface area (TPSA) is 84.3 Å². The average molecular weight is 362 g/mol. The lowest BCUT2D eigenvalue weighted by molar-refractivity contribution is -0.126. The van der Waals surface area contributed by atoms with Crippen molar-refractivity contribution >= 4 is 15.9 Å². The van der Waals surface area contributed by atoms with Gasteiger partial charge < -0.3 is 5.32 Å². The van der Waals surface area contributed by atoms with Gasteiger partial charge in [0.1, 0.15) is 0 Å². The lowest BCUT2D eigenvalue weighted by atomic mass is 9.99. The van der Waals surface area contributed by atoms with Crippen LogP contribution in [0.1, 0.15) is 18.4 Å². The number of nitrogens with zero attached hydrogens (tertiary/aromatic N) is 3. The second-order valence-corrected chi connectivity index (χ2v) is 8.29. The molecule has 1 aromatic heterocycles. The monoisotopic (exact) mass is 362 g/mol. The highest BCUT2D eigenvalue weighted by Crippen LogP contribution is 2.19. The summed E-state index contributed by atoms with van der Waals surface area (Å²) in [5.41, 5.74) is 1.85. The number of carbonyl (C=O) groups is 1. The Morgan fingerprint density at radius 2 is 2.08 bits per heavy atom. The van der Waals surface area contributed by atoms with Crippen molar-refractivity contribution in [2.24, 2.45) is 5.92 Å². The zero-order valence-electron chi connectivity index (χ0n) is 14.1. The Bertz CT molecular complexity index is 833. The predicted molar refractivity (Wildman–Crippen MR) is 94.6 cm³/mol. The number of carbonyl (C=O) groups excluding carboxylic acids is 1. The van der Waals surface area contributed by atoms with E-state index in [1.807, 2.05) is 36.5 Å². The number of amides is 1. The third-order valence-corrected chi connectivity index (χ3v) is 5.62. The van der Waals surface area contributed by atoms with Gasteiger partial charge in [0.15, 0.2) is 0 Å². The summed E-state index contributed by atoms with van der Waals surface area (Å²) in [7, 11) is -3.25. The molecule has 1 amide bonds. The fraction of sp³-hybridized carbons (Fsp3) is 0.412. The second kappa shape index (κ2) is 7.37. The number of piperidine rings is 1. The number of hydrogen-bond donors (Lipinski definition) is 1. The Balaban J connectivity index is 1.57. The second-order valence-electron chi connectivity index (χ2n) is 6.31. The molecule has 7 nitrogen and oxygen atoms in total. The van der Waals surface area contributed by atoms with Gasteiger partial charge in [-0.05, 0) is 25.0 Å². The van der Waals surface area contributed by atoms with Crippen LogP contribution < -0.4 is 5.32 Å². The molecule has 1 unspecified atom stereocenters. The molecule has 134 valence electrons. The van der Waals surface area contributed by atoms with Gasteiger partial charge in [0, 0.05) is 31.4 Å². The van der Waals surface area contributed by atoms with Crippen molar-refractivity contribution in [3.8, 4) is 5.69 Å². The first-order valence-corrected chi connectivity index (χ1v) is 10.1. The van der Waals surface area contributed by atoms with Crippen molar-refractivity contribution in [1.82, 2.24) is 19.4 Å². The summed E-state index contributed by atoms with van der Waals surface area (Å²) in [4.78, 5) is 12.4. The molecule has 1 aliphatic heterocycles. The predicted octanol–water partition coefficient (Wildman–Crippen LogP) is 1.16. The smallest absolute Gasteiger partial charge is 0.224 e. The number of hydrogen-bond acceptors (Lipinski definition) is 4. The molecule has 1 aromatic carbocycles. The van der Waals surface area contributed by atoms with Gasteiger partial charge in [0.05, 0.1) is 24.1 Å². The van der Waals surface area contributed by atoms with E-state index in [0.717, 1.165) is 11.3 Å². The SMILES string of the molecule is CS(=O)(=O)N1CCCC(C(=O)NCc2cnn(-c3ccccc3)c2)C1. The van der Waals surface area contributed by atoms with Gasteiger partial charge in [-0.2, -0.15) is 5.10 Å². The number of aromatic nitrogens is 2. The van der Waals surface area contributed by atoms with Crippen molar-refractivity contribution in [3.05, 3.63) is 48.3 Å². The Labute approximate surface area is 147 Å². The van der Waals surface area contributed by atoms with E-state index in [1.165, 1.54) is 10.6 Å². The molecular weight excluding hydrogens is 340 g/mol. The van der Waals surface area contributed by atoms with Gasteiger partial charge in [-0.25, -0.2) is 17.4 Å². The molecule has 1 fully saturated rings. The first-order valence-electron chi connectivity index (χ1n) is 8.25. The lowest BCUT2D eigenvalue weighted by Crippen LogP contribution is -2.44. The Hall–Kier alpha value is -2.19. The molecule has 0 bridgehead atoms. The minimum absolute atomic E-state index is 0.110. The Kier molecular flexibility index (Phi) is 5.19.